The van der Waals surface area contributed by atoms with E-state index in [1.807, 2.05) is 6.92 Å². The van der Waals surface area contributed by atoms with Crippen LogP contribution in [-0.4, -0.2) is 26.0 Å². The highest BCUT2D eigenvalue weighted by molar-refractivity contribution is 5.82. The molecule has 0 bridgehead atoms. The van der Waals surface area contributed by atoms with Crippen LogP contribution in [0.3, 0.4) is 0 Å². The molecule has 86 valence electrons. The number of nitrogens with one attached hydrogen (secondary N) is 2. The largest absolute Gasteiger partial charge is 0.365 e. The van der Waals surface area contributed by atoms with Gasteiger partial charge in [0.2, 0.25) is 0 Å². The Bertz CT molecular complexity index is 493. The third-order valence-electron chi connectivity index (χ3n) is 2.62. The van der Waals surface area contributed by atoms with Gasteiger partial charge in [0, 0.05) is 6.04 Å². The van der Waals surface area contributed by atoms with Gasteiger partial charge in [0.05, 0.1) is 6.33 Å². The Balaban J connectivity index is 2.39. The Morgan fingerprint density at radius 3 is 2.75 bits per heavy atom. The van der Waals surface area contributed by atoms with E-state index >= 15 is 0 Å². The number of aromatic nitrogens is 4. The Labute approximate surface area is 92.5 Å². The zero-order valence-corrected chi connectivity index (χ0v) is 9.45. The summed E-state index contributed by atoms with van der Waals surface area (Å²) in [6, 6.07) is 0.195. The molecule has 0 aliphatic heterocycles. The lowest BCUT2D eigenvalue weighted by molar-refractivity contribution is 0.535. The molecule has 2 aromatic heterocycles. The second-order valence-corrected chi connectivity index (χ2v) is 4.12. The van der Waals surface area contributed by atoms with E-state index in [2.05, 4.69) is 39.1 Å². The summed E-state index contributed by atoms with van der Waals surface area (Å²) in [5.41, 5.74) is 0.972. The third-order valence-corrected chi connectivity index (χ3v) is 2.62. The van der Waals surface area contributed by atoms with Crippen molar-refractivity contribution in [1.82, 2.24) is 19.9 Å². The van der Waals surface area contributed by atoms with Crippen LogP contribution < -0.4 is 5.32 Å². The van der Waals surface area contributed by atoms with Gasteiger partial charge in [-0.2, -0.15) is 14.4 Å². The monoisotopic (exact) mass is 223 g/mol. The van der Waals surface area contributed by atoms with Crippen LogP contribution in [0.1, 0.15) is 20.8 Å². The molecule has 1 unspecified atom stereocenters. The summed E-state index contributed by atoms with van der Waals surface area (Å²) in [5.74, 6) is 0.886. The minimum atomic E-state index is -0.766. The van der Waals surface area contributed by atoms with Gasteiger partial charge in [0.1, 0.15) is 5.52 Å². The maximum atomic E-state index is 13.1. The summed E-state index contributed by atoms with van der Waals surface area (Å²) in [6.45, 7) is 6.19. The fourth-order valence-corrected chi connectivity index (χ4v) is 1.29. The van der Waals surface area contributed by atoms with Crippen molar-refractivity contribution in [3.63, 3.8) is 0 Å². The molecule has 0 aliphatic rings. The molecule has 0 aliphatic carbocycles. The summed E-state index contributed by atoms with van der Waals surface area (Å²) in [5, 5.41) is 3.15. The van der Waals surface area contributed by atoms with Crippen molar-refractivity contribution >= 4 is 17.0 Å². The lowest BCUT2D eigenvalue weighted by Gasteiger charge is -2.17. The Hall–Kier alpha value is -1.72. The van der Waals surface area contributed by atoms with Crippen LogP contribution >= 0.6 is 0 Å². The molecule has 2 heterocycles. The van der Waals surface area contributed by atoms with E-state index in [0.29, 0.717) is 22.9 Å². The average molecular weight is 223 g/mol. The number of imidazole rings is 1. The first-order valence-electron chi connectivity index (χ1n) is 5.21. The molecule has 5 nitrogen and oxygen atoms in total. The lowest BCUT2D eigenvalue weighted by Crippen LogP contribution is -2.22. The van der Waals surface area contributed by atoms with Gasteiger partial charge in [-0.15, -0.1) is 0 Å². The summed E-state index contributed by atoms with van der Waals surface area (Å²) in [6.07, 6.45) is 0.711. The number of anilines is 1. The lowest BCUT2D eigenvalue weighted by atomic mass is 10.1. The van der Waals surface area contributed by atoms with Gasteiger partial charge >= 0.3 is 6.08 Å². The normalized spacial score (nSPS) is 13.3. The third kappa shape index (κ3) is 1.95. The molecule has 1 atom stereocenters. The van der Waals surface area contributed by atoms with E-state index in [9.17, 15) is 4.39 Å². The Kier molecular flexibility index (Phi) is 2.72. The van der Waals surface area contributed by atoms with E-state index in [1.165, 1.54) is 6.33 Å². The van der Waals surface area contributed by atoms with E-state index < -0.39 is 6.08 Å². The standard InChI is InChI=1S/C10H14FN5/c1-5(2)6(3)14-9-7-8(13-4-12-7)15-10(11)16-9/h4-6H,1-3H3,(H2,12,13,14,15,16). The molecule has 0 saturated carbocycles. The maximum absolute atomic E-state index is 13.1. The topological polar surface area (TPSA) is 66.5 Å². The highest BCUT2D eigenvalue weighted by Crippen LogP contribution is 2.18. The first-order chi connectivity index (χ1) is 7.58. The van der Waals surface area contributed by atoms with Crippen molar-refractivity contribution in [2.75, 3.05) is 5.32 Å². The zero-order valence-electron chi connectivity index (χ0n) is 9.45. The van der Waals surface area contributed by atoms with Crippen molar-refractivity contribution < 1.29 is 4.39 Å². The quantitative estimate of drug-likeness (QED) is 0.780. The predicted molar refractivity (Wildman–Crippen MR) is 59.6 cm³/mol. The number of H-pyrrole nitrogens is 1. The van der Waals surface area contributed by atoms with Gasteiger partial charge in [-0.25, -0.2) is 4.98 Å². The molecule has 0 amide bonds. The van der Waals surface area contributed by atoms with Crippen molar-refractivity contribution in [3.8, 4) is 0 Å². The summed E-state index contributed by atoms with van der Waals surface area (Å²) in [7, 11) is 0. The Morgan fingerprint density at radius 1 is 1.31 bits per heavy atom. The molecule has 0 fully saturated rings. The number of aromatic amines is 1. The average Bonchev–Trinajstić information content (AvgIpc) is 2.65. The molecule has 16 heavy (non-hydrogen) atoms. The van der Waals surface area contributed by atoms with E-state index in [1.54, 1.807) is 0 Å². The van der Waals surface area contributed by atoms with Crippen LogP contribution in [0.15, 0.2) is 6.33 Å². The molecule has 0 radical (unpaired) electrons. The van der Waals surface area contributed by atoms with Crippen molar-refractivity contribution in [3.05, 3.63) is 12.4 Å². The van der Waals surface area contributed by atoms with Gasteiger partial charge in [-0.3, -0.25) is 0 Å². The second kappa shape index (κ2) is 4.03. The second-order valence-electron chi connectivity index (χ2n) is 4.12. The van der Waals surface area contributed by atoms with Gasteiger partial charge < -0.3 is 10.3 Å². The molecular formula is C10H14FN5. The molecule has 2 aromatic rings. The molecule has 0 saturated heterocycles. The highest BCUT2D eigenvalue weighted by Gasteiger charge is 2.13. The van der Waals surface area contributed by atoms with E-state index in [0.717, 1.165) is 0 Å². The highest BCUT2D eigenvalue weighted by atomic mass is 19.1. The number of halogens is 1. The number of hydrogen-bond acceptors (Lipinski definition) is 4. The van der Waals surface area contributed by atoms with Crippen LogP contribution in [-0.2, 0) is 0 Å². The Morgan fingerprint density at radius 2 is 2.06 bits per heavy atom. The SMILES string of the molecule is CC(C)C(C)Nc1nc(F)nc2nc[nH]c12. The predicted octanol–water partition coefficient (Wildman–Crippen LogP) is 1.95. The van der Waals surface area contributed by atoms with Crippen LogP contribution in [0.25, 0.3) is 11.2 Å². The zero-order chi connectivity index (χ0) is 11.7. The molecule has 0 aromatic carbocycles. The van der Waals surface area contributed by atoms with Crippen LogP contribution in [0, 0.1) is 12.0 Å². The fourth-order valence-electron chi connectivity index (χ4n) is 1.29. The van der Waals surface area contributed by atoms with E-state index in [4.69, 9.17) is 0 Å². The van der Waals surface area contributed by atoms with E-state index in [-0.39, 0.29) is 6.04 Å². The van der Waals surface area contributed by atoms with Crippen molar-refractivity contribution in [1.29, 1.82) is 0 Å². The van der Waals surface area contributed by atoms with Crippen molar-refractivity contribution in [2.45, 2.75) is 26.8 Å². The van der Waals surface area contributed by atoms with Gasteiger partial charge in [0.25, 0.3) is 0 Å². The first kappa shape index (κ1) is 10.8. The molecule has 2 rings (SSSR count). The smallest absolute Gasteiger partial charge is 0.312 e. The van der Waals surface area contributed by atoms with Gasteiger partial charge in [-0.1, -0.05) is 13.8 Å². The minimum Gasteiger partial charge on any atom is -0.365 e. The summed E-state index contributed by atoms with van der Waals surface area (Å²) >= 11 is 0. The molecule has 0 spiro atoms. The van der Waals surface area contributed by atoms with Crippen LogP contribution in [0.4, 0.5) is 10.2 Å². The summed E-state index contributed by atoms with van der Waals surface area (Å²) < 4.78 is 13.1. The van der Waals surface area contributed by atoms with Crippen LogP contribution in [0.2, 0.25) is 0 Å². The van der Waals surface area contributed by atoms with Crippen LogP contribution in [0.5, 0.6) is 0 Å². The number of fused-ring (bicyclic) bond motifs is 1. The van der Waals surface area contributed by atoms with Gasteiger partial charge in [-0.05, 0) is 12.8 Å². The minimum absolute atomic E-state index is 0.195. The fraction of sp³-hybridized carbons (Fsp3) is 0.500. The number of nitrogens with zero attached hydrogens (tertiary/aromatic N) is 3. The summed E-state index contributed by atoms with van der Waals surface area (Å²) in [4.78, 5) is 14.1. The first-order valence-corrected chi connectivity index (χ1v) is 5.21. The molecule has 6 heteroatoms. The number of hydrogen-bond donors (Lipinski definition) is 2. The van der Waals surface area contributed by atoms with Gasteiger partial charge in [0.15, 0.2) is 11.5 Å². The number of rotatable bonds is 3. The molecule has 2 N–H and O–H groups in total. The molecular weight excluding hydrogens is 209 g/mol. The maximum Gasteiger partial charge on any atom is 0.312 e. The van der Waals surface area contributed by atoms with Crippen molar-refractivity contribution in [2.24, 2.45) is 5.92 Å².